The van der Waals surface area contributed by atoms with Crippen molar-refractivity contribution in [3.63, 3.8) is 0 Å². The van der Waals surface area contributed by atoms with Gasteiger partial charge in [0, 0.05) is 18.4 Å². The first-order chi connectivity index (χ1) is 8.49. The monoisotopic (exact) mass is 244 g/mol. The summed E-state index contributed by atoms with van der Waals surface area (Å²) in [6, 6.07) is 4.44. The molecule has 96 valence electrons. The summed E-state index contributed by atoms with van der Waals surface area (Å²) in [6.07, 6.45) is 1.26. The van der Waals surface area contributed by atoms with E-state index in [1.165, 1.54) is 22.3 Å². The maximum absolute atomic E-state index is 11.1. The summed E-state index contributed by atoms with van der Waals surface area (Å²) >= 11 is 0. The summed E-state index contributed by atoms with van der Waals surface area (Å²) in [5.74, 6) is 0.510. The summed E-state index contributed by atoms with van der Waals surface area (Å²) in [6.45, 7) is 8.65. The fourth-order valence-electron chi connectivity index (χ4n) is 2.47. The van der Waals surface area contributed by atoms with E-state index in [0.29, 0.717) is 12.3 Å². The molecule has 0 bridgehead atoms. The standard InChI is InChI=1S/C15H20N2O/c1-9(2)12-8-13(11(4)7-10(12)3)14-5-6-15(18)17-16-14/h7-9H,5-6H2,1-4H3,(H,17,18). The molecule has 2 rings (SSSR count). The van der Waals surface area contributed by atoms with E-state index >= 15 is 0 Å². The predicted octanol–water partition coefficient (Wildman–Crippen LogP) is 3.04. The van der Waals surface area contributed by atoms with Gasteiger partial charge in [0.1, 0.15) is 0 Å². The molecule has 0 saturated carbocycles. The van der Waals surface area contributed by atoms with Crippen molar-refractivity contribution < 1.29 is 4.79 Å². The lowest BCUT2D eigenvalue weighted by atomic mass is 9.90. The lowest BCUT2D eigenvalue weighted by Gasteiger charge is -2.18. The molecular formula is C15H20N2O. The Hall–Kier alpha value is -1.64. The number of hydrogen-bond donors (Lipinski definition) is 1. The highest BCUT2D eigenvalue weighted by Crippen LogP contribution is 2.25. The van der Waals surface area contributed by atoms with E-state index in [-0.39, 0.29) is 5.91 Å². The largest absolute Gasteiger partial charge is 0.273 e. The third-order valence-electron chi connectivity index (χ3n) is 3.45. The van der Waals surface area contributed by atoms with Gasteiger partial charge in [0.2, 0.25) is 5.91 Å². The molecule has 0 unspecified atom stereocenters. The molecule has 0 atom stereocenters. The third kappa shape index (κ3) is 2.45. The van der Waals surface area contributed by atoms with Crippen molar-refractivity contribution >= 4 is 11.6 Å². The number of amides is 1. The lowest BCUT2D eigenvalue weighted by Crippen LogP contribution is -2.26. The second kappa shape index (κ2) is 4.92. The van der Waals surface area contributed by atoms with E-state index in [1.807, 2.05) is 0 Å². The molecule has 3 heteroatoms. The van der Waals surface area contributed by atoms with Crippen LogP contribution in [0, 0.1) is 13.8 Å². The minimum atomic E-state index is 0.00703. The molecule has 0 spiro atoms. The second-order valence-corrected chi connectivity index (χ2v) is 5.27. The SMILES string of the molecule is Cc1cc(C)c(C(C)C)cc1C1=NNC(=O)CC1. The Balaban J connectivity index is 2.44. The Morgan fingerprint density at radius 1 is 1.17 bits per heavy atom. The van der Waals surface area contributed by atoms with E-state index < -0.39 is 0 Å². The summed E-state index contributed by atoms with van der Waals surface area (Å²) in [5, 5.41) is 4.19. The Labute approximate surface area is 108 Å². The number of carbonyl (C=O) groups excluding carboxylic acids is 1. The number of nitrogens with one attached hydrogen (secondary N) is 1. The van der Waals surface area contributed by atoms with Crippen LogP contribution in [0.4, 0.5) is 0 Å². The van der Waals surface area contributed by atoms with Crippen molar-refractivity contribution in [1.82, 2.24) is 5.43 Å². The number of rotatable bonds is 2. The van der Waals surface area contributed by atoms with Gasteiger partial charge in [-0.25, -0.2) is 5.43 Å². The van der Waals surface area contributed by atoms with Gasteiger partial charge in [-0.3, -0.25) is 4.79 Å². The molecule has 1 aromatic rings. The van der Waals surface area contributed by atoms with Crippen molar-refractivity contribution in [3.05, 3.63) is 34.4 Å². The second-order valence-electron chi connectivity index (χ2n) is 5.27. The fraction of sp³-hybridized carbons (Fsp3) is 0.467. The van der Waals surface area contributed by atoms with Gasteiger partial charge in [-0.1, -0.05) is 19.9 Å². The predicted molar refractivity (Wildman–Crippen MR) is 73.9 cm³/mol. The van der Waals surface area contributed by atoms with Crippen molar-refractivity contribution in [2.45, 2.75) is 46.5 Å². The van der Waals surface area contributed by atoms with Crippen LogP contribution in [0.5, 0.6) is 0 Å². The molecule has 3 nitrogen and oxygen atoms in total. The van der Waals surface area contributed by atoms with E-state index in [0.717, 1.165) is 12.1 Å². The average molecular weight is 244 g/mol. The first-order valence-electron chi connectivity index (χ1n) is 6.46. The Bertz CT molecular complexity index is 515. The van der Waals surface area contributed by atoms with Gasteiger partial charge in [0.25, 0.3) is 0 Å². The Morgan fingerprint density at radius 2 is 1.89 bits per heavy atom. The topological polar surface area (TPSA) is 41.5 Å². The van der Waals surface area contributed by atoms with Gasteiger partial charge >= 0.3 is 0 Å². The van der Waals surface area contributed by atoms with Crippen LogP contribution in [0.3, 0.4) is 0 Å². The first kappa shape index (κ1) is 12.8. The molecule has 0 aliphatic carbocycles. The average Bonchev–Trinajstić information content (AvgIpc) is 2.30. The van der Waals surface area contributed by atoms with Crippen LogP contribution >= 0.6 is 0 Å². The fourth-order valence-corrected chi connectivity index (χ4v) is 2.47. The normalized spacial score (nSPS) is 15.6. The Morgan fingerprint density at radius 3 is 2.44 bits per heavy atom. The molecule has 1 amide bonds. The number of carbonyl (C=O) groups is 1. The summed E-state index contributed by atoms with van der Waals surface area (Å²) in [7, 11) is 0. The number of aryl methyl sites for hydroxylation is 2. The molecule has 18 heavy (non-hydrogen) atoms. The van der Waals surface area contributed by atoms with Gasteiger partial charge in [-0.15, -0.1) is 0 Å². The number of hydrogen-bond acceptors (Lipinski definition) is 2. The van der Waals surface area contributed by atoms with Gasteiger partial charge < -0.3 is 0 Å². The summed E-state index contributed by atoms with van der Waals surface area (Å²) < 4.78 is 0. The number of hydrazone groups is 1. The first-order valence-corrected chi connectivity index (χ1v) is 6.46. The molecule has 0 fully saturated rings. The van der Waals surface area contributed by atoms with Crippen LogP contribution in [0.25, 0.3) is 0 Å². The molecule has 1 N–H and O–H groups in total. The van der Waals surface area contributed by atoms with Gasteiger partial charge in [0.15, 0.2) is 0 Å². The highest BCUT2D eigenvalue weighted by Gasteiger charge is 2.16. The van der Waals surface area contributed by atoms with E-state index in [2.05, 4.69) is 50.4 Å². The highest BCUT2D eigenvalue weighted by atomic mass is 16.2. The van der Waals surface area contributed by atoms with Gasteiger partial charge in [-0.05, 0) is 42.5 Å². The molecule has 0 aromatic heterocycles. The zero-order valence-electron chi connectivity index (χ0n) is 11.5. The molecule has 1 aliphatic rings. The van der Waals surface area contributed by atoms with E-state index in [1.54, 1.807) is 0 Å². The summed E-state index contributed by atoms with van der Waals surface area (Å²) in [4.78, 5) is 11.1. The van der Waals surface area contributed by atoms with Crippen LogP contribution in [0.2, 0.25) is 0 Å². The maximum atomic E-state index is 11.1. The summed E-state index contributed by atoms with van der Waals surface area (Å²) in [5.41, 5.74) is 8.65. The minimum absolute atomic E-state index is 0.00703. The van der Waals surface area contributed by atoms with Gasteiger partial charge in [-0.2, -0.15) is 5.10 Å². The van der Waals surface area contributed by atoms with Crippen molar-refractivity contribution in [2.24, 2.45) is 5.10 Å². The van der Waals surface area contributed by atoms with Crippen molar-refractivity contribution in [3.8, 4) is 0 Å². The molecule has 1 aromatic carbocycles. The molecule has 0 saturated heterocycles. The van der Waals surface area contributed by atoms with Crippen LogP contribution in [0.1, 0.15) is 54.9 Å². The van der Waals surface area contributed by atoms with E-state index in [4.69, 9.17) is 0 Å². The zero-order chi connectivity index (χ0) is 13.3. The Kier molecular flexibility index (Phi) is 3.50. The van der Waals surface area contributed by atoms with Crippen molar-refractivity contribution in [2.75, 3.05) is 0 Å². The molecule has 0 radical (unpaired) electrons. The molecule has 1 heterocycles. The number of benzene rings is 1. The quantitative estimate of drug-likeness (QED) is 0.853. The molecular weight excluding hydrogens is 224 g/mol. The van der Waals surface area contributed by atoms with Crippen molar-refractivity contribution in [1.29, 1.82) is 0 Å². The van der Waals surface area contributed by atoms with Crippen LogP contribution in [0.15, 0.2) is 17.2 Å². The smallest absolute Gasteiger partial charge is 0.240 e. The van der Waals surface area contributed by atoms with E-state index in [9.17, 15) is 4.79 Å². The minimum Gasteiger partial charge on any atom is -0.273 e. The van der Waals surface area contributed by atoms with Gasteiger partial charge in [0.05, 0.1) is 5.71 Å². The van der Waals surface area contributed by atoms with Crippen LogP contribution in [-0.4, -0.2) is 11.6 Å². The zero-order valence-corrected chi connectivity index (χ0v) is 11.5. The highest BCUT2D eigenvalue weighted by molar-refractivity contribution is 6.05. The third-order valence-corrected chi connectivity index (χ3v) is 3.45. The van der Waals surface area contributed by atoms with Crippen LogP contribution in [-0.2, 0) is 4.79 Å². The maximum Gasteiger partial charge on any atom is 0.240 e. The lowest BCUT2D eigenvalue weighted by molar-refractivity contribution is -0.121. The van der Waals surface area contributed by atoms with Crippen LogP contribution < -0.4 is 5.43 Å². The molecule has 1 aliphatic heterocycles. The number of nitrogens with zero attached hydrogens (tertiary/aromatic N) is 1.